The fraction of sp³-hybridized carbons (Fsp3) is 0.571. The first kappa shape index (κ1) is 11.0. The summed E-state index contributed by atoms with van der Waals surface area (Å²) in [7, 11) is 0. The molecule has 2 aliphatic heterocycles. The molecule has 1 aromatic carbocycles. The van der Waals surface area contributed by atoms with Gasteiger partial charge in [-0.1, -0.05) is 18.2 Å². The van der Waals surface area contributed by atoms with Crippen molar-refractivity contribution >= 4 is 0 Å². The highest BCUT2D eigenvalue weighted by atomic mass is 19.1. The number of benzene rings is 1. The normalized spacial score (nSPS) is 22.6. The summed E-state index contributed by atoms with van der Waals surface area (Å²) in [6, 6.07) is 5.92. The van der Waals surface area contributed by atoms with E-state index in [2.05, 4.69) is 11.4 Å². The van der Waals surface area contributed by atoms with Crippen molar-refractivity contribution in [3.63, 3.8) is 0 Å². The van der Waals surface area contributed by atoms with Crippen molar-refractivity contribution in [1.29, 1.82) is 0 Å². The minimum atomic E-state index is -1.20. The van der Waals surface area contributed by atoms with E-state index in [1.165, 1.54) is 5.56 Å². The lowest BCUT2D eigenvalue weighted by Gasteiger charge is -2.33. The van der Waals surface area contributed by atoms with Gasteiger partial charge in [-0.2, -0.15) is 0 Å². The van der Waals surface area contributed by atoms with Crippen LogP contribution in [-0.2, 0) is 12.1 Å². The zero-order valence-electron chi connectivity index (χ0n) is 9.97. The van der Waals surface area contributed by atoms with Gasteiger partial charge in [0.1, 0.15) is 11.4 Å². The van der Waals surface area contributed by atoms with Gasteiger partial charge in [-0.3, -0.25) is 0 Å². The standard InChI is InChI=1S/C14H18FNO/c15-14(6-8-16-9-7-14)12-5-1-3-11-4-2-10-17-13(11)12/h1,3,5,16H,2,4,6-10H2. The Hall–Kier alpha value is -1.09. The van der Waals surface area contributed by atoms with Crippen LogP contribution in [-0.4, -0.2) is 19.7 Å². The molecule has 0 aliphatic carbocycles. The number of nitrogens with one attached hydrogen (secondary N) is 1. The average Bonchev–Trinajstić information content (AvgIpc) is 2.39. The molecular weight excluding hydrogens is 217 g/mol. The number of hydrogen-bond donors (Lipinski definition) is 1. The third-order valence-corrected chi connectivity index (χ3v) is 3.81. The third kappa shape index (κ3) is 1.93. The van der Waals surface area contributed by atoms with Crippen LogP contribution < -0.4 is 10.1 Å². The van der Waals surface area contributed by atoms with Crippen molar-refractivity contribution < 1.29 is 9.13 Å². The summed E-state index contributed by atoms with van der Waals surface area (Å²) in [5.74, 6) is 0.822. The predicted octanol–water partition coefficient (Wildman–Crippen LogP) is 2.56. The summed E-state index contributed by atoms with van der Waals surface area (Å²) in [6.07, 6.45) is 3.15. The Bertz CT molecular complexity index is 413. The first-order valence-electron chi connectivity index (χ1n) is 6.44. The molecule has 2 heterocycles. The Labute approximate surface area is 101 Å². The van der Waals surface area contributed by atoms with Gasteiger partial charge in [0.15, 0.2) is 0 Å². The number of rotatable bonds is 1. The minimum Gasteiger partial charge on any atom is -0.493 e. The highest BCUT2D eigenvalue weighted by Crippen LogP contribution is 2.42. The summed E-state index contributed by atoms with van der Waals surface area (Å²) >= 11 is 0. The maximum atomic E-state index is 15.0. The van der Waals surface area contributed by atoms with Gasteiger partial charge in [-0.25, -0.2) is 4.39 Å². The first-order chi connectivity index (χ1) is 8.30. The van der Waals surface area contributed by atoms with Crippen molar-refractivity contribution in [3.8, 4) is 5.75 Å². The maximum Gasteiger partial charge on any atom is 0.142 e. The molecule has 3 heteroatoms. The number of aryl methyl sites for hydroxylation is 1. The molecule has 0 bridgehead atoms. The lowest BCUT2D eigenvalue weighted by molar-refractivity contribution is 0.109. The van der Waals surface area contributed by atoms with Crippen LogP contribution in [0.2, 0.25) is 0 Å². The van der Waals surface area contributed by atoms with Crippen LogP contribution in [0.15, 0.2) is 18.2 Å². The van der Waals surface area contributed by atoms with E-state index >= 15 is 0 Å². The van der Waals surface area contributed by atoms with Crippen LogP contribution in [0.4, 0.5) is 4.39 Å². The van der Waals surface area contributed by atoms with E-state index in [0.29, 0.717) is 12.8 Å². The second kappa shape index (κ2) is 4.30. The van der Waals surface area contributed by atoms with E-state index in [-0.39, 0.29) is 0 Å². The van der Waals surface area contributed by atoms with Crippen LogP contribution in [0, 0.1) is 0 Å². The fourth-order valence-corrected chi connectivity index (χ4v) is 2.83. The molecule has 1 aromatic rings. The van der Waals surface area contributed by atoms with E-state index in [0.717, 1.165) is 43.9 Å². The van der Waals surface area contributed by atoms with Gasteiger partial charge >= 0.3 is 0 Å². The van der Waals surface area contributed by atoms with Crippen molar-refractivity contribution in [2.24, 2.45) is 0 Å². The number of para-hydroxylation sites is 1. The number of ether oxygens (including phenoxy) is 1. The zero-order valence-corrected chi connectivity index (χ0v) is 9.97. The second-order valence-electron chi connectivity index (χ2n) is 4.96. The Morgan fingerprint density at radius 2 is 2.06 bits per heavy atom. The molecule has 1 N–H and O–H groups in total. The lowest BCUT2D eigenvalue weighted by atomic mass is 9.84. The van der Waals surface area contributed by atoms with Gasteiger partial charge in [0, 0.05) is 5.56 Å². The van der Waals surface area contributed by atoms with Crippen LogP contribution in [0.5, 0.6) is 5.75 Å². The Kier molecular flexibility index (Phi) is 2.79. The van der Waals surface area contributed by atoms with Crippen LogP contribution in [0.25, 0.3) is 0 Å². The first-order valence-corrected chi connectivity index (χ1v) is 6.44. The molecular formula is C14H18FNO. The summed E-state index contributed by atoms with van der Waals surface area (Å²) in [5.41, 5.74) is 0.744. The summed E-state index contributed by atoms with van der Waals surface area (Å²) < 4.78 is 20.7. The summed E-state index contributed by atoms with van der Waals surface area (Å²) in [5, 5.41) is 3.21. The lowest BCUT2D eigenvalue weighted by Crippen LogP contribution is -2.37. The fourth-order valence-electron chi connectivity index (χ4n) is 2.83. The molecule has 1 saturated heterocycles. The number of halogens is 1. The van der Waals surface area contributed by atoms with Crippen molar-refractivity contribution in [2.75, 3.05) is 19.7 Å². The Morgan fingerprint density at radius 3 is 2.88 bits per heavy atom. The number of fused-ring (bicyclic) bond motifs is 1. The highest BCUT2D eigenvalue weighted by Gasteiger charge is 2.37. The molecule has 92 valence electrons. The average molecular weight is 235 g/mol. The van der Waals surface area contributed by atoms with E-state index in [9.17, 15) is 4.39 Å². The second-order valence-corrected chi connectivity index (χ2v) is 4.96. The van der Waals surface area contributed by atoms with E-state index in [4.69, 9.17) is 4.74 Å². The molecule has 2 aliphatic rings. The smallest absolute Gasteiger partial charge is 0.142 e. The zero-order chi connectivity index (χ0) is 11.7. The van der Waals surface area contributed by atoms with Crippen molar-refractivity contribution in [1.82, 2.24) is 5.32 Å². The summed E-state index contributed by atoms with van der Waals surface area (Å²) in [4.78, 5) is 0. The molecule has 3 rings (SSSR count). The maximum absolute atomic E-state index is 15.0. The molecule has 2 nitrogen and oxygen atoms in total. The van der Waals surface area contributed by atoms with E-state index < -0.39 is 5.67 Å². The number of piperidine rings is 1. The molecule has 0 amide bonds. The molecule has 0 spiro atoms. The predicted molar refractivity (Wildman–Crippen MR) is 65.1 cm³/mol. The minimum absolute atomic E-state index is 0.548. The molecule has 0 aromatic heterocycles. The van der Waals surface area contributed by atoms with Gasteiger partial charge in [-0.15, -0.1) is 0 Å². The van der Waals surface area contributed by atoms with Gasteiger partial charge in [-0.05, 0) is 44.3 Å². The molecule has 0 atom stereocenters. The van der Waals surface area contributed by atoms with Gasteiger partial charge in [0.25, 0.3) is 0 Å². The van der Waals surface area contributed by atoms with Crippen molar-refractivity contribution in [2.45, 2.75) is 31.4 Å². The largest absolute Gasteiger partial charge is 0.493 e. The quantitative estimate of drug-likeness (QED) is 0.807. The Morgan fingerprint density at radius 1 is 1.24 bits per heavy atom. The topological polar surface area (TPSA) is 21.3 Å². The van der Waals surface area contributed by atoms with Gasteiger partial charge in [0.05, 0.1) is 6.61 Å². The molecule has 17 heavy (non-hydrogen) atoms. The van der Waals surface area contributed by atoms with Crippen LogP contribution in [0.1, 0.15) is 30.4 Å². The van der Waals surface area contributed by atoms with Crippen LogP contribution >= 0.6 is 0 Å². The SMILES string of the molecule is FC1(c2cccc3c2OCCC3)CCNCC1. The number of hydrogen-bond acceptors (Lipinski definition) is 2. The molecule has 0 saturated carbocycles. The molecule has 0 unspecified atom stereocenters. The van der Waals surface area contributed by atoms with Crippen LogP contribution in [0.3, 0.4) is 0 Å². The highest BCUT2D eigenvalue weighted by molar-refractivity contribution is 5.46. The number of alkyl halides is 1. The van der Waals surface area contributed by atoms with E-state index in [1.54, 1.807) is 0 Å². The van der Waals surface area contributed by atoms with E-state index in [1.807, 2.05) is 12.1 Å². The molecule has 1 fully saturated rings. The third-order valence-electron chi connectivity index (χ3n) is 3.81. The van der Waals surface area contributed by atoms with Gasteiger partial charge in [0.2, 0.25) is 0 Å². The van der Waals surface area contributed by atoms with Crippen molar-refractivity contribution in [3.05, 3.63) is 29.3 Å². The Balaban J connectivity index is 2.01. The van der Waals surface area contributed by atoms with Gasteiger partial charge < -0.3 is 10.1 Å². The summed E-state index contributed by atoms with van der Waals surface area (Å²) in [6.45, 7) is 2.22. The molecule has 0 radical (unpaired) electrons. The monoisotopic (exact) mass is 235 g/mol.